The lowest BCUT2D eigenvalue weighted by Gasteiger charge is -2.19. The molecule has 2 aromatic rings. The molecule has 19 heavy (non-hydrogen) atoms. The molecular weight excluding hydrogens is 238 g/mol. The van der Waals surface area contributed by atoms with Gasteiger partial charge in [-0.15, -0.1) is 0 Å². The van der Waals surface area contributed by atoms with Crippen LogP contribution in [0.15, 0.2) is 48.5 Å². The predicted molar refractivity (Wildman–Crippen MR) is 77.2 cm³/mol. The SMILES string of the molecule is CC(C)(C)c1cccc(-c2ccc([N+](=O)[O-])cc2)c1. The Morgan fingerprint density at radius 1 is 0.947 bits per heavy atom. The molecule has 0 radical (unpaired) electrons. The smallest absolute Gasteiger partial charge is 0.258 e. The van der Waals surface area contributed by atoms with Gasteiger partial charge in [-0.1, -0.05) is 45.0 Å². The van der Waals surface area contributed by atoms with Gasteiger partial charge in [0.2, 0.25) is 0 Å². The number of rotatable bonds is 2. The van der Waals surface area contributed by atoms with Crippen LogP contribution < -0.4 is 0 Å². The molecule has 0 atom stereocenters. The predicted octanol–water partition coefficient (Wildman–Crippen LogP) is 4.56. The van der Waals surface area contributed by atoms with E-state index in [9.17, 15) is 10.1 Å². The molecule has 0 aliphatic rings. The number of benzene rings is 2. The van der Waals surface area contributed by atoms with Gasteiger partial charge in [-0.05, 0) is 34.2 Å². The van der Waals surface area contributed by atoms with Crippen molar-refractivity contribution in [2.75, 3.05) is 0 Å². The topological polar surface area (TPSA) is 43.1 Å². The third kappa shape index (κ3) is 2.99. The molecule has 0 bridgehead atoms. The van der Waals surface area contributed by atoms with Gasteiger partial charge in [-0.3, -0.25) is 10.1 Å². The van der Waals surface area contributed by atoms with E-state index < -0.39 is 0 Å². The summed E-state index contributed by atoms with van der Waals surface area (Å²) in [6.07, 6.45) is 0. The summed E-state index contributed by atoms with van der Waals surface area (Å²) in [5.41, 5.74) is 3.55. The van der Waals surface area contributed by atoms with Crippen molar-refractivity contribution in [3.8, 4) is 11.1 Å². The molecule has 0 amide bonds. The van der Waals surface area contributed by atoms with Gasteiger partial charge in [0.1, 0.15) is 0 Å². The average molecular weight is 255 g/mol. The van der Waals surface area contributed by atoms with E-state index in [1.807, 2.05) is 12.1 Å². The lowest BCUT2D eigenvalue weighted by Crippen LogP contribution is -2.10. The molecule has 0 fully saturated rings. The van der Waals surface area contributed by atoms with Crippen LogP contribution in [0.5, 0.6) is 0 Å². The van der Waals surface area contributed by atoms with E-state index in [4.69, 9.17) is 0 Å². The summed E-state index contributed by atoms with van der Waals surface area (Å²) >= 11 is 0. The number of non-ortho nitro benzene ring substituents is 1. The number of hydrogen-bond donors (Lipinski definition) is 0. The van der Waals surface area contributed by atoms with Gasteiger partial charge >= 0.3 is 0 Å². The lowest BCUT2D eigenvalue weighted by atomic mass is 9.85. The maximum Gasteiger partial charge on any atom is 0.269 e. The second kappa shape index (κ2) is 4.84. The van der Waals surface area contributed by atoms with Crippen molar-refractivity contribution in [1.29, 1.82) is 0 Å². The molecule has 0 aliphatic carbocycles. The first-order valence-electron chi connectivity index (χ1n) is 6.23. The first-order chi connectivity index (χ1) is 8.88. The lowest BCUT2D eigenvalue weighted by molar-refractivity contribution is -0.384. The van der Waals surface area contributed by atoms with E-state index in [0.29, 0.717) is 0 Å². The molecule has 0 heterocycles. The Bertz CT molecular complexity index is 595. The van der Waals surface area contributed by atoms with Crippen LogP contribution in [-0.2, 0) is 5.41 Å². The van der Waals surface area contributed by atoms with Crippen LogP contribution in [0, 0.1) is 10.1 Å². The number of nitrogens with zero attached hydrogens (tertiary/aromatic N) is 1. The van der Waals surface area contributed by atoms with Crippen LogP contribution in [-0.4, -0.2) is 4.92 Å². The zero-order valence-corrected chi connectivity index (χ0v) is 11.4. The van der Waals surface area contributed by atoms with E-state index in [1.54, 1.807) is 24.3 Å². The second-order valence-electron chi connectivity index (χ2n) is 5.63. The highest BCUT2D eigenvalue weighted by molar-refractivity contribution is 5.65. The normalized spacial score (nSPS) is 11.3. The molecule has 0 saturated carbocycles. The van der Waals surface area contributed by atoms with Crippen molar-refractivity contribution in [2.24, 2.45) is 0 Å². The van der Waals surface area contributed by atoms with Crippen molar-refractivity contribution in [3.63, 3.8) is 0 Å². The van der Waals surface area contributed by atoms with Crippen LogP contribution in [0.4, 0.5) is 5.69 Å². The standard InChI is InChI=1S/C16H17NO2/c1-16(2,3)14-6-4-5-13(11-14)12-7-9-15(10-8-12)17(18)19/h4-11H,1-3H3. The summed E-state index contributed by atoms with van der Waals surface area (Å²) in [5.74, 6) is 0. The van der Waals surface area contributed by atoms with Crippen molar-refractivity contribution >= 4 is 5.69 Å². The minimum absolute atomic E-state index is 0.0940. The molecule has 2 aromatic carbocycles. The highest BCUT2D eigenvalue weighted by Gasteiger charge is 2.14. The fourth-order valence-corrected chi connectivity index (χ4v) is 1.94. The summed E-state index contributed by atoms with van der Waals surface area (Å²) in [7, 11) is 0. The zero-order chi connectivity index (χ0) is 14.0. The molecule has 3 heteroatoms. The van der Waals surface area contributed by atoms with Crippen molar-refractivity contribution in [2.45, 2.75) is 26.2 Å². The van der Waals surface area contributed by atoms with E-state index >= 15 is 0 Å². The maximum absolute atomic E-state index is 10.6. The van der Waals surface area contributed by atoms with Crippen LogP contribution in [0.25, 0.3) is 11.1 Å². The molecule has 3 nitrogen and oxygen atoms in total. The third-order valence-electron chi connectivity index (χ3n) is 3.14. The monoisotopic (exact) mass is 255 g/mol. The summed E-state index contributed by atoms with van der Waals surface area (Å²) in [6.45, 7) is 6.51. The average Bonchev–Trinajstić information content (AvgIpc) is 2.38. The minimum atomic E-state index is -0.380. The van der Waals surface area contributed by atoms with Crippen molar-refractivity contribution in [3.05, 3.63) is 64.2 Å². The van der Waals surface area contributed by atoms with Gasteiger partial charge in [0.25, 0.3) is 5.69 Å². The number of nitro benzene ring substituents is 1. The molecule has 98 valence electrons. The molecule has 0 aromatic heterocycles. The highest BCUT2D eigenvalue weighted by atomic mass is 16.6. The Hall–Kier alpha value is -2.16. The van der Waals surface area contributed by atoms with Gasteiger partial charge < -0.3 is 0 Å². The summed E-state index contributed by atoms with van der Waals surface area (Å²) < 4.78 is 0. The van der Waals surface area contributed by atoms with Crippen molar-refractivity contribution < 1.29 is 4.92 Å². The molecular formula is C16H17NO2. The van der Waals surface area contributed by atoms with Gasteiger partial charge in [0.05, 0.1) is 4.92 Å². The highest BCUT2D eigenvalue weighted by Crippen LogP contribution is 2.28. The van der Waals surface area contributed by atoms with E-state index in [2.05, 4.69) is 32.9 Å². The van der Waals surface area contributed by atoms with Crippen LogP contribution >= 0.6 is 0 Å². The number of hydrogen-bond acceptors (Lipinski definition) is 2. The molecule has 0 aliphatic heterocycles. The number of nitro groups is 1. The fraction of sp³-hybridized carbons (Fsp3) is 0.250. The minimum Gasteiger partial charge on any atom is -0.258 e. The van der Waals surface area contributed by atoms with Gasteiger partial charge in [-0.2, -0.15) is 0 Å². The van der Waals surface area contributed by atoms with E-state index in [0.717, 1.165) is 11.1 Å². The quantitative estimate of drug-likeness (QED) is 0.583. The molecule has 0 N–H and O–H groups in total. The first-order valence-corrected chi connectivity index (χ1v) is 6.23. The Morgan fingerprint density at radius 2 is 1.58 bits per heavy atom. The molecule has 0 unspecified atom stereocenters. The Balaban J connectivity index is 2.39. The zero-order valence-electron chi connectivity index (χ0n) is 11.4. The first kappa shape index (κ1) is 13.3. The van der Waals surface area contributed by atoms with Gasteiger partial charge in [0.15, 0.2) is 0 Å². The van der Waals surface area contributed by atoms with E-state index in [1.165, 1.54) is 5.56 Å². The Kier molecular flexibility index (Phi) is 3.38. The van der Waals surface area contributed by atoms with Crippen molar-refractivity contribution in [1.82, 2.24) is 0 Å². The molecule has 2 rings (SSSR count). The van der Waals surface area contributed by atoms with Crippen LogP contribution in [0.2, 0.25) is 0 Å². The molecule has 0 spiro atoms. The van der Waals surface area contributed by atoms with Crippen LogP contribution in [0.1, 0.15) is 26.3 Å². The second-order valence-corrected chi connectivity index (χ2v) is 5.63. The molecule has 0 saturated heterocycles. The van der Waals surface area contributed by atoms with Gasteiger partial charge in [0, 0.05) is 12.1 Å². The summed E-state index contributed by atoms with van der Waals surface area (Å²) in [6, 6.07) is 15.0. The third-order valence-corrected chi connectivity index (χ3v) is 3.14. The summed E-state index contributed by atoms with van der Waals surface area (Å²) in [5, 5.41) is 10.6. The maximum atomic E-state index is 10.6. The van der Waals surface area contributed by atoms with Gasteiger partial charge in [-0.25, -0.2) is 0 Å². The fourth-order valence-electron chi connectivity index (χ4n) is 1.94. The largest absolute Gasteiger partial charge is 0.269 e. The Labute approximate surface area is 113 Å². The van der Waals surface area contributed by atoms with Crippen LogP contribution in [0.3, 0.4) is 0 Å². The Morgan fingerprint density at radius 3 is 2.11 bits per heavy atom. The van der Waals surface area contributed by atoms with E-state index in [-0.39, 0.29) is 16.0 Å². The summed E-state index contributed by atoms with van der Waals surface area (Å²) in [4.78, 5) is 10.3.